The van der Waals surface area contributed by atoms with Gasteiger partial charge in [-0.2, -0.15) is 9.97 Å². The van der Waals surface area contributed by atoms with Crippen molar-refractivity contribution in [3.63, 3.8) is 0 Å². The lowest BCUT2D eigenvalue weighted by atomic mass is 9.82. The number of hydrogen-bond acceptors (Lipinski definition) is 3. The fraction of sp³-hybridized carbons (Fsp3) is 0.0882. The highest BCUT2D eigenvalue weighted by Crippen LogP contribution is 2.52. The summed E-state index contributed by atoms with van der Waals surface area (Å²) in [5.41, 5.74) is 9.41. The van der Waals surface area contributed by atoms with Gasteiger partial charge in [-0.25, -0.2) is 4.98 Å². The van der Waals surface area contributed by atoms with Gasteiger partial charge < -0.3 is 0 Å². The lowest BCUT2D eigenvalue weighted by Gasteiger charge is -2.21. The molecule has 0 aliphatic heterocycles. The van der Waals surface area contributed by atoms with Crippen LogP contribution in [0.25, 0.3) is 55.8 Å². The molecule has 0 unspecified atom stereocenters. The van der Waals surface area contributed by atoms with Crippen LogP contribution in [0, 0.1) is 0 Å². The van der Waals surface area contributed by atoms with Crippen LogP contribution in [0.2, 0.25) is 5.28 Å². The van der Waals surface area contributed by atoms with E-state index in [9.17, 15) is 0 Å². The minimum Gasteiger partial charge on any atom is -0.208 e. The topological polar surface area (TPSA) is 38.7 Å². The lowest BCUT2D eigenvalue weighted by Crippen LogP contribution is -2.14. The number of rotatable bonds is 3. The molecule has 38 heavy (non-hydrogen) atoms. The first-order valence-corrected chi connectivity index (χ1v) is 13.1. The minimum atomic E-state index is -0.0616. The van der Waals surface area contributed by atoms with Crippen molar-refractivity contribution in [1.82, 2.24) is 15.0 Å². The summed E-state index contributed by atoms with van der Waals surface area (Å²) in [5, 5.41) is 2.38. The first-order chi connectivity index (χ1) is 18.5. The second-order valence-corrected chi connectivity index (χ2v) is 10.6. The summed E-state index contributed by atoms with van der Waals surface area (Å²) in [5.74, 6) is 1.13. The third-order valence-corrected chi connectivity index (χ3v) is 7.83. The van der Waals surface area contributed by atoms with E-state index in [1.54, 1.807) is 0 Å². The Kier molecular flexibility index (Phi) is 5.17. The number of benzene rings is 5. The predicted octanol–water partition coefficient (Wildman–Crippen LogP) is 8.99. The molecule has 1 heterocycles. The Balaban J connectivity index is 1.49. The molecule has 1 aromatic heterocycles. The van der Waals surface area contributed by atoms with Crippen LogP contribution in [0.5, 0.6) is 0 Å². The van der Waals surface area contributed by atoms with Crippen LogP contribution in [0.3, 0.4) is 0 Å². The van der Waals surface area contributed by atoms with E-state index in [4.69, 9.17) is 16.6 Å². The van der Waals surface area contributed by atoms with Gasteiger partial charge in [-0.1, -0.05) is 111 Å². The van der Waals surface area contributed by atoms with Gasteiger partial charge in [-0.15, -0.1) is 0 Å². The number of aromatic nitrogens is 3. The minimum absolute atomic E-state index is 0.0616. The molecule has 0 saturated heterocycles. The number of nitrogens with zero attached hydrogens (tertiary/aromatic N) is 3. The third-order valence-electron chi connectivity index (χ3n) is 7.66. The average Bonchev–Trinajstić information content (AvgIpc) is 3.19. The molecule has 0 bridgehead atoms. The molecule has 5 aromatic carbocycles. The van der Waals surface area contributed by atoms with Crippen molar-refractivity contribution in [3.05, 3.63) is 126 Å². The second-order valence-electron chi connectivity index (χ2n) is 10.3. The lowest BCUT2D eigenvalue weighted by molar-refractivity contribution is 0.660. The van der Waals surface area contributed by atoms with Gasteiger partial charge in [0.1, 0.15) is 0 Å². The first-order valence-electron chi connectivity index (χ1n) is 12.7. The van der Waals surface area contributed by atoms with Crippen molar-refractivity contribution in [2.75, 3.05) is 0 Å². The molecule has 0 amide bonds. The molecule has 7 rings (SSSR count). The fourth-order valence-electron chi connectivity index (χ4n) is 5.83. The van der Waals surface area contributed by atoms with E-state index in [1.807, 2.05) is 36.4 Å². The molecule has 0 saturated carbocycles. The van der Waals surface area contributed by atoms with Crippen LogP contribution in [0.15, 0.2) is 109 Å². The zero-order valence-electron chi connectivity index (χ0n) is 21.1. The maximum Gasteiger partial charge on any atom is 0.226 e. The molecule has 1 aliphatic rings. The molecule has 182 valence electrons. The summed E-state index contributed by atoms with van der Waals surface area (Å²) in [6.45, 7) is 4.62. The largest absolute Gasteiger partial charge is 0.226 e. The smallest absolute Gasteiger partial charge is 0.208 e. The second kappa shape index (κ2) is 8.61. The van der Waals surface area contributed by atoms with E-state index < -0.39 is 0 Å². The molecule has 0 N–H and O–H groups in total. The quantitative estimate of drug-likeness (QED) is 0.239. The molecule has 6 aromatic rings. The number of halogens is 1. The zero-order chi connectivity index (χ0) is 25.9. The molecule has 0 radical (unpaired) electrons. The Morgan fingerprint density at radius 1 is 0.553 bits per heavy atom. The van der Waals surface area contributed by atoms with E-state index in [2.05, 4.69) is 96.6 Å². The molecule has 0 spiro atoms. The van der Waals surface area contributed by atoms with Crippen molar-refractivity contribution in [1.29, 1.82) is 0 Å². The SMILES string of the molecule is CC1(C)c2ccccc2-c2c(-c3cc(-c4nc(Cl)nc(-c5ccccc5)n4)c4ccccc4c3)cccc21. The Bertz CT molecular complexity index is 1860. The highest BCUT2D eigenvalue weighted by atomic mass is 35.5. The van der Waals surface area contributed by atoms with Gasteiger partial charge >= 0.3 is 0 Å². The molecule has 0 fully saturated rings. The van der Waals surface area contributed by atoms with Crippen LogP contribution in [-0.4, -0.2) is 15.0 Å². The van der Waals surface area contributed by atoms with Gasteiger partial charge in [0, 0.05) is 16.5 Å². The van der Waals surface area contributed by atoms with Gasteiger partial charge in [-0.3, -0.25) is 0 Å². The van der Waals surface area contributed by atoms with Crippen molar-refractivity contribution in [2.24, 2.45) is 0 Å². The molecular formula is C34H24ClN3. The maximum absolute atomic E-state index is 6.46. The Morgan fingerprint density at radius 2 is 1.24 bits per heavy atom. The summed E-state index contributed by atoms with van der Waals surface area (Å²) >= 11 is 6.46. The summed E-state index contributed by atoms with van der Waals surface area (Å²) < 4.78 is 0. The third kappa shape index (κ3) is 3.54. The molecule has 3 nitrogen and oxygen atoms in total. The zero-order valence-corrected chi connectivity index (χ0v) is 21.9. The van der Waals surface area contributed by atoms with Gasteiger partial charge in [0.2, 0.25) is 5.28 Å². The van der Waals surface area contributed by atoms with E-state index in [0.29, 0.717) is 11.6 Å². The highest BCUT2D eigenvalue weighted by Gasteiger charge is 2.36. The Labute approximate surface area is 226 Å². The summed E-state index contributed by atoms with van der Waals surface area (Å²) in [6.07, 6.45) is 0. The van der Waals surface area contributed by atoms with E-state index in [-0.39, 0.29) is 10.7 Å². The molecule has 4 heteroatoms. The number of hydrogen-bond donors (Lipinski definition) is 0. The number of fused-ring (bicyclic) bond motifs is 4. The molecular weight excluding hydrogens is 486 g/mol. The predicted molar refractivity (Wildman–Crippen MR) is 156 cm³/mol. The summed E-state index contributed by atoms with van der Waals surface area (Å²) in [7, 11) is 0. The van der Waals surface area contributed by atoms with Crippen molar-refractivity contribution < 1.29 is 0 Å². The van der Waals surface area contributed by atoms with Crippen molar-refractivity contribution in [3.8, 4) is 45.0 Å². The van der Waals surface area contributed by atoms with Crippen LogP contribution < -0.4 is 0 Å². The van der Waals surface area contributed by atoms with Crippen LogP contribution in [-0.2, 0) is 5.41 Å². The summed E-state index contributed by atoms with van der Waals surface area (Å²) in [6, 6.07) is 38.1. The van der Waals surface area contributed by atoms with Gasteiger partial charge in [-0.05, 0) is 67.9 Å². The highest BCUT2D eigenvalue weighted by molar-refractivity contribution is 6.28. The van der Waals surface area contributed by atoms with Gasteiger partial charge in [0.15, 0.2) is 11.6 Å². The fourth-order valence-corrected chi connectivity index (χ4v) is 5.99. The monoisotopic (exact) mass is 509 g/mol. The normalized spacial score (nSPS) is 13.3. The molecule has 1 aliphatic carbocycles. The van der Waals surface area contributed by atoms with E-state index >= 15 is 0 Å². The van der Waals surface area contributed by atoms with Crippen molar-refractivity contribution in [2.45, 2.75) is 19.3 Å². The maximum atomic E-state index is 6.46. The van der Waals surface area contributed by atoms with E-state index in [1.165, 1.54) is 27.8 Å². The van der Waals surface area contributed by atoms with Crippen molar-refractivity contribution >= 4 is 22.4 Å². The first kappa shape index (κ1) is 22.8. The van der Waals surface area contributed by atoms with Gasteiger partial charge in [0.05, 0.1) is 0 Å². The van der Waals surface area contributed by atoms with Crippen LogP contribution >= 0.6 is 11.6 Å². The van der Waals surface area contributed by atoms with Crippen LogP contribution in [0.4, 0.5) is 0 Å². The Morgan fingerprint density at radius 3 is 2.11 bits per heavy atom. The summed E-state index contributed by atoms with van der Waals surface area (Å²) in [4.78, 5) is 13.9. The standard InChI is InChI=1S/C34H24ClN3/c1-34(2)28-17-9-8-15-26(28)30-25(16-10-18-29(30)34)23-19-22-13-6-7-14-24(22)27(20-23)32-36-31(37-33(35)38-32)21-11-4-3-5-12-21/h3-20H,1-2H3. The molecule has 0 atom stereocenters. The Hall–Kier alpha value is -4.34. The average molecular weight is 510 g/mol. The van der Waals surface area contributed by atoms with E-state index in [0.717, 1.165) is 27.5 Å². The van der Waals surface area contributed by atoms with Crippen LogP contribution in [0.1, 0.15) is 25.0 Å². The van der Waals surface area contributed by atoms with Gasteiger partial charge in [0.25, 0.3) is 0 Å².